The molecule has 0 saturated carbocycles. The Kier molecular flexibility index (Phi) is 23.1. The predicted molar refractivity (Wildman–Crippen MR) is 299 cm³/mol. The SMILES string of the molecule is CC(C)[C@H](NC(=O)[C@H](CCCCN)NC(=O)[C@@H](Cc1c[nH]c2ccccc12)NC(=O)[C@H](Cc1ccc(O)cc1)NC(=O)[C@H](CS)NC(=O)[C@H](N)Cc1ccc2ccccc2c1)C(=O)N[C@H](CS)C(=O)N[C@H](C(N)=O)[C@@H](C)O. The number of carbonyl (C=O) groups is 8. The molecule has 1 aromatic heterocycles. The molecule has 0 fully saturated rings. The van der Waals surface area contributed by atoms with Gasteiger partial charge in [0.2, 0.25) is 47.3 Å². The topological polar surface area (TPSA) is 355 Å². The van der Waals surface area contributed by atoms with Crippen LogP contribution in [0.2, 0.25) is 0 Å². The van der Waals surface area contributed by atoms with Crippen molar-refractivity contribution in [3.05, 3.63) is 114 Å². The molecule has 1 heterocycles. The number of phenols is 1. The quantitative estimate of drug-likeness (QED) is 0.0227. The number of H-pyrrole nitrogens is 1. The number of fused-ring (bicyclic) bond motifs is 2. The van der Waals surface area contributed by atoms with Crippen LogP contribution >= 0.6 is 25.3 Å². The van der Waals surface area contributed by atoms with Crippen LogP contribution in [0.4, 0.5) is 0 Å². The van der Waals surface area contributed by atoms with E-state index in [-0.39, 0.29) is 49.5 Å². The molecule has 0 unspecified atom stereocenters. The number of phenolic OH excluding ortho intramolecular Hbond substituents is 1. The summed E-state index contributed by atoms with van der Waals surface area (Å²) in [6.45, 7) is 4.81. The fourth-order valence-corrected chi connectivity index (χ4v) is 9.01. The van der Waals surface area contributed by atoms with E-state index in [1.807, 2.05) is 60.7 Å². The van der Waals surface area contributed by atoms with Gasteiger partial charge in [0.1, 0.15) is 48.0 Å². The van der Waals surface area contributed by atoms with E-state index in [2.05, 4.69) is 67.5 Å². The van der Waals surface area contributed by atoms with Gasteiger partial charge in [0, 0.05) is 41.4 Å². The number of rotatable bonds is 29. The first kappa shape index (κ1) is 60.7. The number of unbranched alkanes of at least 4 members (excludes halogenated alkanes) is 1. The maximum absolute atomic E-state index is 14.8. The number of hydrogen-bond acceptors (Lipinski definition) is 14. The Morgan fingerprint density at radius 1 is 0.571 bits per heavy atom. The number of para-hydroxylation sites is 1. The van der Waals surface area contributed by atoms with Crippen LogP contribution < -0.4 is 54.4 Å². The number of thiol groups is 2. The largest absolute Gasteiger partial charge is 0.508 e. The number of primary amides is 1. The van der Waals surface area contributed by atoms with Gasteiger partial charge in [0.25, 0.3) is 0 Å². The maximum Gasteiger partial charge on any atom is 0.244 e. The molecular weight excluding hydrogens is 1030 g/mol. The molecule has 77 heavy (non-hydrogen) atoms. The highest BCUT2D eigenvalue weighted by molar-refractivity contribution is 7.80. The summed E-state index contributed by atoms with van der Waals surface area (Å²) in [6.07, 6.45) is 1.12. The fourth-order valence-electron chi connectivity index (χ4n) is 8.50. The molecular formula is C54H71N11O10S2. The Labute approximate surface area is 457 Å². The van der Waals surface area contributed by atoms with Crippen molar-refractivity contribution in [3.8, 4) is 5.75 Å². The van der Waals surface area contributed by atoms with E-state index in [0.717, 1.165) is 27.2 Å². The smallest absolute Gasteiger partial charge is 0.244 e. The molecule has 0 bridgehead atoms. The first-order chi connectivity index (χ1) is 36.7. The molecule has 0 radical (unpaired) electrons. The van der Waals surface area contributed by atoms with Gasteiger partial charge in [-0.25, -0.2) is 0 Å². The summed E-state index contributed by atoms with van der Waals surface area (Å²) >= 11 is 8.54. The minimum absolute atomic E-state index is 0.0459. The average Bonchev–Trinajstić information content (AvgIpc) is 3.82. The second-order valence-electron chi connectivity index (χ2n) is 19.2. The molecule has 5 rings (SSSR count). The summed E-state index contributed by atoms with van der Waals surface area (Å²) in [7, 11) is 0. The lowest BCUT2D eigenvalue weighted by molar-refractivity contribution is -0.136. The molecule has 0 spiro atoms. The average molecular weight is 1100 g/mol. The van der Waals surface area contributed by atoms with E-state index in [1.54, 1.807) is 38.2 Å². The Bertz CT molecular complexity index is 2850. The lowest BCUT2D eigenvalue weighted by Crippen LogP contribution is -2.62. The molecule has 8 amide bonds. The summed E-state index contributed by atoms with van der Waals surface area (Å²) in [6, 6.07) is 16.2. The molecule has 414 valence electrons. The van der Waals surface area contributed by atoms with Crippen molar-refractivity contribution in [3.63, 3.8) is 0 Å². The third-order valence-corrected chi connectivity index (χ3v) is 13.6. The minimum Gasteiger partial charge on any atom is -0.508 e. The number of aromatic amines is 1. The number of nitrogens with two attached hydrogens (primary N) is 3. The van der Waals surface area contributed by atoms with E-state index < -0.39 is 108 Å². The summed E-state index contributed by atoms with van der Waals surface area (Å²) in [5, 5.41) is 41.3. The minimum atomic E-state index is -1.46. The van der Waals surface area contributed by atoms with E-state index in [4.69, 9.17) is 17.2 Å². The number of aromatic nitrogens is 1. The van der Waals surface area contributed by atoms with Crippen molar-refractivity contribution in [2.75, 3.05) is 18.1 Å². The Hall–Kier alpha value is -7.18. The van der Waals surface area contributed by atoms with Crippen LogP contribution in [0.15, 0.2) is 97.2 Å². The van der Waals surface area contributed by atoms with Gasteiger partial charge in [-0.05, 0) is 90.7 Å². The number of hydrogen-bond donors (Lipinski definition) is 15. The third-order valence-electron chi connectivity index (χ3n) is 12.9. The standard InChI is InChI=1S/C54H71N11O10S2/c1-29(2)45(54(75)63-44(28-77)53(74)65-46(30(3)66)47(57)68)64-49(70)40(14-8-9-21-55)59-51(72)42(25-35-26-58-39-13-7-6-12-37(35)39)61-50(71)41(24-31-16-19-36(67)20-17-31)60-52(73)43(27-76)62-48(69)38(56)23-32-15-18-33-10-4-5-11-34(33)22-32/h4-7,10-13,15-20,22,26,29-30,38,40-46,58,66-67,76-77H,8-9,14,21,23-25,27-28,55-56H2,1-3H3,(H2,57,68)(H,59,72)(H,60,73)(H,61,71)(H,62,69)(H,63,75)(H,64,70)(H,65,74)/t30-,38-,40+,41+,42-,43+,44-,45+,46+/m1/s1. The van der Waals surface area contributed by atoms with Gasteiger partial charge < -0.3 is 69.6 Å². The lowest BCUT2D eigenvalue weighted by atomic mass is 10.00. The third kappa shape index (κ3) is 17.7. The number of nitrogens with one attached hydrogen (secondary N) is 8. The van der Waals surface area contributed by atoms with Gasteiger partial charge in [0.15, 0.2) is 0 Å². The molecule has 23 heteroatoms. The zero-order chi connectivity index (χ0) is 56.3. The molecule has 0 saturated heterocycles. The van der Waals surface area contributed by atoms with E-state index >= 15 is 0 Å². The molecule has 0 aliphatic rings. The Morgan fingerprint density at radius 2 is 1.09 bits per heavy atom. The lowest BCUT2D eigenvalue weighted by Gasteiger charge is -2.29. The van der Waals surface area contributed by atoms with Crippen LogP contribution in [-0.4, -0.2) is 135 Å². The molecule has 0 aliphatic heterocycles. The van der Waals surface area contributed by atoms with Gasteiger partial charge >= 0.3 is 0 Å². The van der Waals surface area contributed by atoms with Crippen molar-refractivity contribution >= 4 is 94.2 Å². The van der Waals surface area contributed by atoms with Crippen molar-refractivity contribution in [2.24, 2.45) is 23.1 Å². The first-order valence-electron chi connectivity index (χ1n) is 25.3. The zero-order valence-electron chi connectivity index (χ0n) is 43.2. The van der Waals surface area contributed by atoms with Gasteiger partial charge in [-0.15, -0.1) is 0 Å². The van der Waals surface area contributed by atoms with E-state index in [1.165, 1.54) is 19.1 Å². The molecule has 16 N–H and O–H groups in total. The first-order valence-corrected chi connectivity index (χ1v) is 26.6. The van der Waals surface area contributed by atoms with Crippen LogP contribution in [0.5, 0.6) is 5.75 Å². The summed E-state index contributed by atoms with van der Waals surface area (Å²) < 4.78 is 0. The monoisotopic (exact) mass is 1100 g/mol. The Balaban J connectivity index is 1.39. The number of carbonyl (C=O) groups excluding carboxylic acids is 8. The van der Waals surface area contributed by atoms with Crippen molar-refractivity contribution in [1.29, 1.82) is 0 Å². The van der Waals surface area contributed by atoms with Gasteiger partial charge in [0.05, 0.1) is 12.1 Å². The predicted octanol–water partition coefficient (Wildman–Crippen LogP) is 0.286. The number of amides is 8. The molecule has 9 atom stereocenters. The van der Waals surface area contributed by atoms with Crippen molar-refractivity contribution in [1.82, 2.24) is 42.2 Å². The molecule has 0 aliphatic carbocycles. The molecule has 5 aromatic rings. The summed E-state index contributed by atoms with van der Waals surface area (Å²) in [4.78, 5) is 113. The highest BCUT2D eigenvalue weighted by Gasteiger charge is 2.36. The van der Waals surface area contributed by atoms with Crippen LogP contribution in [0.3, 0.4) is 0 Å². The second kappa shape index (κ2) is 29.4. The number of aliphatic hydroxyl groups is 1. The van der Waals surface area contributed by atoms with Crippen molar-refractivity contribution in [2.45, 2.75) is 114 Å². The van der Waals surface area contributed by atoms with Crippen molar-refractivity contribution < 1.29 is 48.6 Å². The summed E-state index contributed by atoms with van der Waals surface area (Å²) in [5.74, 6) is -7.51. The summed E-state index contributed by atoms with van der Waals surface area (Å²) in [5.41, 5.74) is 20.2. The number of benzene rings is 4. The van der Waals surface area contributed by atoms with Gasteiger partial charge in [-0.1, -0.05) is 86.6 Å². The maximum atomic E-state index is 14.8. The zero-order valence-corrected chi connectivity index (χ0v) is 45.0. The highest BCUT2D eigenvalue weighted by Crippen LogP contribution is 2.21. The Morgan fingerprint density at radius 3 is 1.70 bits per heavy atom. The van der Waals surface area contributed by atoms with E-state index in [0.29, 0.717) is 24.0 Å². The van der Waals surface area contributed by atoms with Crippen LogP contribution in [-0.2, 0) is 57.6 Å². The second-order valence-corrected chi connectivity index (χ2v) is 20.0. The van der Waals surface area contributed by atoms with Gasteiger partial charge in [-0.2, -0.15) is 25.3 Å². The number of aromatic hydroxyl groups is 1. The van der Waals surface area contributed by atoms with Crippen LogP contribution in [0, 0.1) is 5.92 Å². The number of aliphatic hydroxyl groups excluding tert-OH is 1. The van der Waals surface area contributed by atoms with Crippen LogP contribution in [0.25, 0.3) is 21.7 Å². The molecule has 21 nitrogen and oxygen atoms in total. The highest BCUT2D eigenvalue weighted by atomic mass is 32.1. The van der Waals surface area contributed by atoms with E-state index in [9.17, 15) is 48.6 Å². The fraction of sp³-hybridized carbons (Fsp3) is 0.407. The normalized spacial score (nSPS) is 14.9. The molecule has 4 aromatic carbocycles. The van der Waals surface area contributed by atoms with Gasteiger partial charge in [-0.3, -0.25) is 38.4 Å². The van der Waals surface area contributed by atoms with Crippen LogP contribution in [0.1, 0.15) is 56.7 Å².